The molecule has 3 N–H and O–H groups in total. The maximum Gasteiger partial charge on any atom is 0.239 e. The molecular formula is C14H23ClN2O3. The topological polar surface area (TPSA) is 73.6 Å². The molecule has 1 aromatic rings. The zero-order valence-electron chi connectivity index (χ0n) is 11.9. The minimum atomic E-state index is -0.623. The van der Waals surface area contributed by atoms with Gasteiger partial charge in [0.2, 0.25) is 5.91 Å². The Kier molecular flexibility index (Phi) is 10.0. The lowest BCUT2D eigenvalue weighted by Crippen LogP contribution is -2.43. The molecule has 0 radical (unpaired) electrons. The fourth-order valence-electron chi connectivity index (χ4n) is 1.55. The zero-order valence-corrected chi connectivity index (χ0v) is 12.7. The van der Waals surface area contributed by atoms with Crippen molar-refractivity contribution in [3.63, 3.8) is 0 Å². The van der Waals surface area contributed by atoms with Crippen molar-refractivity contribution < 1.29 is 14.3 Å². The number of hydrogen-bond donors (Lipinski definition) is 2. The third kappa shape index (κ3) is 6.86. The summed E-state index contributed by atoms with van der Waals surface area (Å²) in [6, 6.07) is 7.30. The summed E-state index contributed by atoms with van der Waals surface area (Å²) in [5.74, 6) is -0.208. The summed E-state index contributed by atoms with van der Waals surface area (Å²) in [5.41, 5.74) is 7.76. The Balaban J connectivity index is 0.00000361. The van der Waals surface area contributed by atoms with Gasteiger partial charge >= 0.3 is 0 Å². The van der Waals surface area contributed by atoms with Gasteiger partial charge in [-0.2, -0.15) is 0 Å². The number of ether oxygens (including phenoxy) is 2. The van der Waals surface area contributed by atoms with E-state index in [1.165, 1.54) is 7.11 Å². The molecule has 0 spiro atoms. The van der Waals surface area contributed by atoms with Gasteiger partial charge in [0.25, 0.3) is 0 Å². The Morgan fingerprint density at radius 2 is 1.90 bits per heavy atom. The van der Waals surface area contributed by atoms with Gasteiger partial charge < -0.3 is 20.5 Å². The Hall–Kier alpha value is -1.14. The minimum absolute atomic E-state index is 0. The molecule has 0 aliphatic heterocycles. The van der Waals surface area contributed by atoms with Crippen LogP contribution in [0.5, 0.6) is 0 Å². The Labute approximate surface area is 126 Å². The van der Waals surface area contributed by atoms with Gasteiger partial charge in [0.15, 0.2) is 0 Å². The Bertz CT molecular complexity index is 385. The third-order valence-corrected chi connectivity index (χ3v) is 2.65. The first-order chi connectivity index (χ1) is 9.17. The Morgan fingerprint density at radius 1 is 1.30 bits per heavy atom. The van der Waals surface area contributed by atoms with Crippen molar-refractivity contribution in [3.8, 4) is 0 Å². The summed E-state index contributed by atoms with van der Waals surface area (Å²) < 4.78 is 10.1. The van der Waals surface area contributed by atoms with Crippen LogP contribution in [-0.2, 0) is 27.4 Å². The molecule has 0 aromatic heterocycles. The first-order valence-electron chi connectivity index (χ1n) is 6.35. The highest BCUT2D eigenvalue weighted by atomic mass is 35.5. The number of rotatable bonds is 8. The number of carbonyl (C=O) groups excluding carboxylic acids is 1. The highest BCUT2D eigenvalue weighted by Crippen LogP contribution is 2.05. The van der Waals surface area contributed by atoms with E-state index in [0.29, 0.717) is 19.8 Å². The average molecular weight is 303 g/mol. The maximum absolute atomic E-state index is 11.6. The molecule has 0 saturated carbocycles. The van der Waals surface area contributed by atoms with Gasteiger partial charge in [-0.3, -0.25) is 4.79 Å². The number of benzene rings is 1. The van der Waals surface area contributed by atoms with Crippen LogP contribution in [0.25, 0.3) is 0 Å². The highest BCUT2D eigenvalue weighted by molar-refractivity contribution is 5.85. The van der Waals surface area contributed by atoms with E-state index in [-0.39, 0.29) is 24.9 Å². The standard InChI is InChI=1S/C14H22N2O3.ClH/c1-3-19-9-12-6-4-11(5-7-12)8-16-14(17)13(15)10-18-2;/h4-7,13H,3,8-10,15H2,1-2H3,(H,16,17);1H. The molecule has 1 amide bonds. The van der Waals surface area contributed by atoms with Crippen molar-refractivity contribution in [2.24, 2.45) is 5.73 Å². The molecule has 0 heterocycles. The number of nitrogens with two attached hydrogens (primary N) is 1. The highest BCUT2D eigenvalue weighted by Gasteiger charge is 2.11. The van der Waals surface area contributed by atoms with Crippen molar-refractivity contribution in [2.45, 2.75) is 26.1 Å². The molecule has 114 valence electrons. The number of halogens is 1. The Morgan fingerprint density at radius 3 is 2.45 bits per heavy atom. The van der Waals surface area contributed by atoms with E-state index in [2.05, 4.69) is 5.32 Å². The average Bonchev–Trinajstić information content (AvgIpc) is 2.43. The smallest absolute Gasteiger partial charge is 0.239 e. The lowest BCUT2D eigenvalue weighted by molar-refractivity contribution is -0.123. The second-order valence-electron chi connectivity index (χ2n) is 4.23. The second-order valence-corrected chi connectivity index (χ2v) is 4.23. The lowest BCUT2D eigenvalue weighted by atomic mass is 10.1. The zero-order chi connectivity index (χ0) is 14.1. The molecule has 1 aromatic carbocycles. The van der Waals surface area contributed by atoms with Crippen LogP contribution >= 0.6 is 12.4 Å². The fraction of sp³-hybridized carbons (Fsp3) is 0.500. The number of carbonyl (C=O) groups is 1. The summed E-state index contributed by atoms with van der Waals surface area (Å²) in [6.45, 7) is 3.97. The quantitative estimate of drug-likeness (QED) is 0.757. The van der Waals surface area contributed by atoms with Gasteiger partial charge in [0.1, 0.15) is 6.04 Å². The van der Waals surface area contributed by atoms with Crippen molar-refractivity contribution in [3.05, 3.63) is 35.4 Å². The van der Waals surface area contributed by atoms with Crippen LogP contribution < -0.4 is 11.1 Å². The molecular weight excluding hydrogens is 280 g/mol. The summed E-state index contributed by atoms with van der Waals surface area (Å²) >= 11 is 0. The van der Waals surface area contributed by atoms with E-state index in [0.717, 1.165) is 11.1 Å². The van der Waals surface area contributed by atoms with E-state index < -0.39 is 6.04 Å². The third-order valence-electron chi connectivity index (χ3n) is 2.65. The predicted octanol–water partition coefficient (Wildman–Crippen LogP) is 1.23. The lowest BCUT2D eigenvalue weighted by Gasteiger charge is -2.11. The first-order valence-corrected chi connectivity index (χ1v) is 6.35. The summed E-state index contributed by atoms with van der Waals surface area (Å²) in [5, 5.41) is 2.77. The SMILES string of the molecule is CCOCc1ccc(CNC(=O)C(N)COC)cc1.Cl. The molecule has 20 heavy (non-hydrogen) atoms. The summed E-state index contributed by atoms with van der Waals surface area (Å²) in [6.07, 6.45) is 0. The molecule has 1 rings (SSSR count). The van der Waals surface area contributed by atoms with Crippen molar-refractivity contribution >= 4 is 18.3 Å². The van der Waals surface area contributed by atoms with Gasteiger partial charge in [-0.25, -0.2) is 0 Å². The molecule has 0 bridgehead atoms. The normalized spacial score (nSPS) is 11.6. The second kappa shape index (κ2) is 10.6. The summed E-state index contributed by atoms with van der Waals surface area (Å²) in [7, 11) is 1.52. The van der Waals surface area contributed by atoms with E-state index in [1.54, 1.807) is 0 Å². The molecule has 0 aliphatic rings. The van der Waals surface area contributed by atoms with E-state index >= 15 is 0 Å². The van der Waals surface area contributed by atoms with Gasteiger partial charge in [-0.05, 0) is 18.1 Å². The molecule has 6 heteroatoms. The summed E-state index contributed by atoms with van der Waals surface area (Å²) in [4.78, 5) is 11.6. The van der Waals surface area contributed by atoms with Crippen molar-refractivity contribution in [1.82, 2.24) is 5.32 Å². The van der Waals surface area contributed by atoms with Crippen molar-refractivity contribution in [2.75, 3.05) is 20.3 Å². The number of nitrogens with one attached hydrogen (secondary N) is 1. The van der Waals surface area contributed by atoms with Crippen LogP contribution in [0, 0.1) is 0 Å². The van der Waals surface area contributed by atoms with Gasteiger partial charge in [-0.15, -0.1) is 12.4 Å². The van der Waals surface area contributed by atoms with E-state index in [9.17, 15) is 4.79 Å². The van der Waals surface area contributed by atoms with Gasteiger partial charge in [0.05, 0.1) is 13.2 Å². The number of amides is 1. The van der Waals surface area contributed by atoms with E-state index in [1.807, 2.05) is 31.2 Å². The monoisotopic (exact) mass is 302 g/mol. The molecule has 0 saturated heterocycles. The predicted molar refractivity (Wildman–Crippen MR) is 80.7 cm³/mol. The van der Waals surface area contributed by atoms with Crippen LogP contribution in [0.15, 0.2) is 24.3 Å². The maximum atomic E-state index is 11.6. The molecule has 0 fully saturated rings. The molecule has 5 nitrogen and oxygen atoms in total. The van der Waals surface area contributed by atoms with Crippen LogP contribution in [0.1, 0.15) is 18.1 Å². The number of methoxy groups -OCH3 is 1. The first kappa shape index (κ1) is 18.9. The molecule has 0 aliphatic carbocycles. The largest absolute Gasteiger partial charge is 0.383 e. The molecule has 1 atom stereocenters. The minimum Gasteiger partial charge on any atom is -0.383 e. The van der Waals surface area contributed by atoms with E-state index in [4.69, 9.17) is 15.2 Å². The van der Waals surface area contributed by atoms with Crippen LogP contribution in [0.2, 0.25) is 0 Å². The molecule has 1 unspecified atom stereocenters. The van der Waals surface area contributed by atoms with Crippen LogP contribution in [-0.4, -0.2) is 32.3 Å². The number of hydrogen-bond acceptors (Lipinski definition) is 4. The van der Waals surface area contributed by atoms with Gasteiger partial charge in [-0.1, -0.05) is 24.3 Å². The van der Waals surface area contributed by atoms with Crippen LogP contribution in [0.3, 0.4) is 0 Å². The fourth-order valence-corrected chi connectivity index (χ4v) is 1.55. The van der Waals surface area contributed by atoms with Crippen molar-refractivity contribution in [1.29, 1.82) is 0 Å². The van der Waals surface area contributed by atoms with Crippen LogP contribution in [0.4, 0.5) is 0 Å². The van der Waals surface area contributed by atoms with Gasteiger partial charge in [0, 0.05) is 20.3 Å².